The van der Waals surface area contributed by atoms with E-state index in [-0.39, 0.29) is 4.90 Å². The normalized spacial score (nSPS) is 11.2. The van der Waals surface area contributed by atoms with Gasteiger partial charge in [-0.15, -0.1) is 0 Å². The van der Waals surface area contributed by atoms with E-state index in [1.807, 2.05) is 32.9 Å². The molecule has 0 unspecified atom stereocenters. The third-order valence-electron chi connectivity index (χ3n) is 4.25. The molecule has 8 heteroatoms. The molecule has 2 aromatic carbocycles. The van der Waals surface area contributed by atoms with Gasteiger partial charge in [0.15, 0.2) is 6.61 Å². The van der Waals surface area contributed by atoms with Gasteiger partial charge in [-0.25, -0.2) is 17.9 Å². The van der Waals surface area contributed by atoms with Crippen LogP contribution in [0.2, 0.25) is 0 Å². The van der Waals surface area contributed by atoms with Crippen LogP contribution in [-0.2, 0) is 19.6 Å². The second-order valence-corrected chi connectivity index (χ2v) is 8.44. The van der Waals surface area contributed by atoms with Crippen molar-refractivity contribution in [2.45, 2.75) is 32.6 Å². The standard InChI is InChI=1S/C20H24N2O5S/c1-12-8-14(3)19(15(4)9-12)20(24)27-11-18(23)22-16-7-6-13(2)17(10-16)28(25,26)21-5/h6-10,21H,11H2,1-5H3,(H,22,23). The summed E-state index contributed by atoms with van der Waals surface area (Å²) < 4.78 is 31.4. The van der Waals surface area contributed by atoms with Crippen molar-refractivity contribution in [2.24, 2.45) is 0 Å². The van der Waals surface area contributed by atoms with Crippen LogP contribution < -0.4 is 10.0 Å². The molecule has 0 saturated heterocycles. The van der Waals surface area contributed by atoms with Crippen LogP contribution in [0, 0.1) is 27.7 Å². The van der Waals surface area contributed by atoms with E-state index in [1.54, 1.807) is 19.1 Å². The van der Waals surface area contributed by atoms with E-state index >= 15 is 0 Å². The molecule has 0 saturated carbocycles. The van der Waals surface area contributed by atoms with Crippen molar-refractivity contribution < 1.29 is 22.7 Å². The molecule has 1 amide bonds. The van der Waals surface area contributed by atoms with Crippen LogP contribution >= 0.6 is 0 Å². The number of carbonyl (C=O) groups excluding carboxylic acids is 2. The van der Waals surface area contributed by atoms with Crippen molar-refractivity contribution in [1.82, 2.24) is 4.72 Å². The van der Waals surface area contributed by atoms with Crippen molar-refractivity contribution in [1.29, 1.82) is 0 Å². The number of nitrogens with one attached hydrogen (secondary N) is 2. The molecule has 0 heterocycles. The first-order valence-electron chi connectivity index (χ1n) is 8.64. The van der Waals surface area contributed by atoms with E-state index in [4.69, 9.17) is 4.74 Å². The van der Waals surface area contributed by atoms with Gasteiger partial charge >= 0.3 is 5.97 Å². The van der Waals surface area contributed by atoms with Crippen LogP contribution in [0.3, 0.4) is 0 Å². The van der Waals surface area contributed by atoms with Crippen LogP contribution in [0.15, 0.2) is 35.2 Å². The van der Waals surface area contributed by atoms with E-state index in [1.165, 1.54) is 13.1 Å². The van der Waals surface area contributed by atoms with Gasteiger partial charge in [0.1, 0.15) is 0 Å². The SMILES string of the molecule is CNS(=O)(=O)c1cc(NC(=O)COC(=O)c2c(C)cc(C)cc2C)ccc1C. The Morgan fingerprint density at radius 2 is 1.57 bits per heavy atom. The lowest BCUT2D eigenvalue weighted by molar-refractivity contribution is -0.119. The first-order valence-corrected chi connectivity index (χ1v) is 10.1. The van der Waals surface area contributed by atoms with Crippen molar-refractivity contribution >= 4 is 27.6 Å². The van der Waals surface area contributed by atoms with E-state index in [2.05, 4.69) is 10.0 Å². The second-order valence-electron chi connectivity index (χ2n) is 6.59. The molecule has 28 heavy (non-hydrogen) atoms. The van der Waals surface area contributed by atoms with Gasteiger partial charge in [0, 0.05) is 5.69 Å². The van der Waals surface area contributed by atoms with Gasteiger partial charge in [0.05, 0.1) is 10.5 Å². The zero-order chi connectivity index (χ0) is 21.1. The average molecular weight is 404 g/mol. The lowest BCUT2D eigenvalue weighted by atomic mass is 10.00. The maximum atomic E-state index is 12.3. The molecule has 2 N–H and O–H groups in total. The molecule has 0 aliphatic rings. The van der Waals surface area contributed by atoms with E-state index in [9.17, 15) is 18.0 Å². The molecular weight excluding hydrogens is 380 g/mol. The number of hydrogen-bond donors (Lipinski definition) is 2. The number of amides is 1. The molecule has 0 radical (unpaired) electrons. The Morgan fingerprint density at radius 3 is 2.14 bits per heavy atom. The van der Waals surface area contributed by atoms with Crippen molar-refractivity contribution in [3.05, 3.63) is 58.1 Å². The van der Waals surface area contributed by atoms with Gasteiger partial charge in [0.2, 0.25) is 10.0 Å². The Kier molecular flexibility index (Phi) is 6.58. The van der Waals surface area contributed by atoms with Crippen molar-refractivity contribution in [3.8, 4) is 0 Å². The number of ether oxygens (including phenoxy) is 1. The summed E-state index contributed by atoms with van der Waals surface area (Å²) in [6, 6.07) is 8.28. The fourth-order valence-electron chi connectivity index (χ4n) is 2.98. The minimum Gasteiger partial charge on any atom is -0.452 e. The largest absolute Gasteiger partial charge is 0.452 e. The van der Waals surface area contributed by atoms with Crippen LogP contribution in [0.25, 0.3) is 0 Å². The molecule has 0 aliphatic heterocycles. The number of carbonyl (C=O) groups is 2. The highest BCUT2D eigenvalue weighted by atomic mass is 32.2. The highest BCUT2D eigenvalue weighted by molar-refractivity contribution is 7.89. The molecule has 2 rings (SSSR count). The fraction of sp³-hybridized carbons (Fsp3) is 0.300. The molecule has 0 aromatic heterocycles. The molecule has 7 nitrogen and oxygen atoms in total. The third-order valence-corrected chi connectivity index (χ3v) is 5.80. The molecular formula is C20H24N2O5S. The minimum atomic E-state index is -3.65. The molecule has 0 fully saturated rings. The molecule has 0 spiro atoms. The molecule has 0 atom stereocenters. The first kappa shape index (κ1) is 21.6. The lowest BCUT2D eigenvalue weighted by Gasteiger charge is -2.12. The van der Waals surface area contributed by atoms with E-state index in [0.717, 1.165) is 16.7 Å². The summed E-state index contributed by atoms with van der Waals surface area (Å²) in [5, 5.41) is 2.54. The summed E-state index contributed by atoms with van der Waals surface area (Å²) in [4.78, 5) is 24.5. The predicted octanol–water partition coefficient (Wildman–Crippen LogP) is 2.62. The highest BCUT2D eigenvalue weighted by Gasteiger charge is 2.18. The number of benzene rings is 2. The molecule has 0 aliphatic carbocycles. The number of esters is 1. The molecule has 2 aromatic rings. The van der Waals surface area contributed by atoms with Gasteiger partial charge in [-0.3, -0.25) is 4.79 Å². The number of hydrogen-bond acceptors (Lipinski definition) is 5. The van der Waals surface area contributed by atoms with Crippen molar-refractivity contribution in [3.63, 3.8) is 0 Å². The van der Waals surface area contributed by atoms with E-state index < -0.39 is 28.5 Å². The summed E-state index contributed by atoms with van der Waals surface area (Å²) in [7, 11) is -2.33. The van der Waals surface area contributed by atoms with Crippen LogP contribution in [0.1, 0.15) is 32.6 Å². The fourth-order valence-corrected chi connectivity index (χ4v) is 3.97. The highest BCUT2D eigenvalue weighted by Crippen LogP contribution is 2.20. The Balaban J connectivity index is 2.08. The minimum absolute atomic E-state index is 0.0655. The molecule has 0 bridgehead atoms. The zero-order valence-electron chi connectivity index (χ0n) is 16.5. The summed E-state index contributed by atoms with van der Waals surface area (Å²) in [6.07, 6.45) is 0. The number of sulfonamides is 1. The lowest BCUT2D eigenvalue weighted by Crippen LogP contribution is -2.23. The monoisotopic (exact) mass is 404 g/mol. The van der Waals surface area contributed by atoms with Crippen LogP contribution in [0.4, 0.5) is 5.69 Å². The van der Waals surface area contributed by atoms with Gasteiger partial charge in [0.25, 0.3) is 5.91 Å². The number of anilines is 1. The van der Waals surface area contributed by atoms with Crippen LogP contribution in [-0.4, -0.2) is 33.9 Å². The summed E-state index contributed by atoms with van der Waals surface area (Å²) in [5.41, 5.74) is 3.88. The first-order chi connectivity index (χ1) is 13.0. The van der Waals surface area contributed by atoms with Gasteiger partial charge in [-0.05, 0) is 63.6 Å². The Labute approximate surface area is 165 Å². The Morgan fingerprint density at radius 1 is 0.964 bits per heavy atom. The molecule has 150 valence electrons. The third kappa shape index (κ3) is 4.96. The van der Waals surface area contributed by atoms with Crippen molar-refractivity contribution in [2.75, 3.05) is 19.0 Å². The topological polar surface area (TPSA) is 102 Å². The smallest absolute Gasteiger partial charge is 0.339 e. The summed E-state index contributed by atoms with van der Waals surface area (Å²) in [5.74, 6) is -1.14. The second kappa shape index (κ2) is 8.53. The van der Waals surface area contributed by atoms with Crippen LogP contribution in [0.5, 0.6) is 0 Å². The van der Waals surface area contributed by atoms with Gasteiger partial charge in [-0.1, -0.05) is 23.8 Å². The maximum absolute atomic E-state index is 12.3. The quantitative estimate of drug-likeness (QED) is 0.721. The maximum Gasteiger partial charge on any atom is 0.339 e. The Hall–Kier alpha value is -2.71. The van der Waals surface area contributed by atoms with Gasteiger partial charge in [-0.2, -0.15) is 0 Å². The van der Waals surface area contributed by atoms with E-state index in [0.29, 0.717) is 16.8 Å². The Bertz CT molecular complexity index is 1010. The average Bonchev–Trinajstić information content (AvgIpc) is 2.60. The summed E-state index contributed by atoms with van der Waals surface area (Å²) in [6.45, 7) is 6.74. The van der Waals surface area contributed by atoms with Gasteiger partial charge < -0.3 is 10.1 Å². The predicted molar refractivity (Wildman–Crippen MR) is 107 cm³/mol. The number of rotatable bonds is 6. The number of aryl methyl sites for hydroxylation is 4. The summed E-state index contributed by atoms with van der Waals surface area (Å²) >= 11 is 0. The zero-order valence-corrected chi connectivity index (χ0v) is 17.4.